The van der Waals surface area contributed by atoms with Crippen LogP contribution in [0.2, 0.25) is 0 Å². The van der Waals surface area contributed by atoms with Crippen LogP contribution in [0, 0.1) is 0 Å². The van der Waals surface area contributed by atoms with Crippen LogP contribution < -0.4 is 20.5 Å². The lowest BCUT2D eigenvalue weighted by Crippen LogP contribution is -2.43. The van der Waals surface area contributed by atoms with E-state index in [0.29, 0.717) is 15.7 Å². The number of nitrogens with zero attached hydrogens (tertiary/aromatic N) is 3. The SMILES string of the molecule is COC(=O)C1=C(N)C(C(=O)OC)=c2s/c(=C/c3cccnc3)c(=O)n2[C@@H]1c1cccnc1. The van der Waals surface area contributed by atoms with Crippen molar-refractivity contribution >= 4 is 34.9 Å². The van der Waals surface area contributed by atoms with E-state index in [1.807, 2.05) is 0 Å². The third-order valence-corrected chi connectivity index (χ3v) is 6.04. The van der Waals surface area contributed by atoms with Crippen LogP contribution in [0.5, 0.6) is 0 Å². The summed E-state index contributed by atoms with van der Waals surface area (Å²) in [6.45, 7) is 0. The molecule has 1 aliphatic rings. The van der Waals surface area contributed by atoms with Gasteiger partial charge in [0.15, 0.2) is 0 Å². The van der Waals surface area contributed by atoms with E-state index >= 15 is 0 Å². The number of hydrogen-bond donors (Lipinski definition) is 1. The number of ether oxygens (including phenoxy) is 2. The van der Waals surface area contributed by atoms with Gasteiger partial charge in [0.1, 0.15) is 10.2 Å². The number of carbonyl (C=O) groups excluding carboxylic acids is 2. The second kappa shape index (κ2) is 8.60. The number of esters is 2. The topological polar surface area (TPSA) is 126 Å². The summed E-state index contributed by atoms with van der Waals surface area (Å²) in [5.41, 5.74) is 6.94. The minimum absolute atomic E-state index is 0.0405. The summed E-state index contributed by atoms with van der Waals surface area (Å²) in [5.74, 6) is -1.53. The van der Waals surface area contributed by atoms with Gasteiger partial charge in [0.25, 0.3) is 5.56 Å². The highest BCUT2D eigenvalue weighted by molar-refractivity contribution is 7.07. The van der Waals surface area contributed by atoms with Gasteiger partial charge in [0.2, 0.25) is 0 Å². The van der Waals surface area contributed by atoms with Crippen LogP contribution in [-0.2, 0) is 19.1 Å². The standard InChI is InChI=1S/C22H18N4O5S/c1-30-21(28)15-17(23)16(22(29)31-2)20-26(18(15)13-6-4-8-25-11-13)19(27)14(32-20)9-12-5-3-7-24-10-12/h3-11,18H,23H2,1-2H3/b14-9+/t18-/m1/s1. The number of pyridine rings is 2. The van der Waals surface area contributed by atoms with E-state index in [1.54, 1.807) is 48.9 Å². The highest BCUT2D eigenvalue weighted by atomic mass is 32.1. The smallest absolute Gasteiger partial charge is 0.342 e. The van der Waals surface area contributed by atoms with Crippen molar-refractivity contribution in [3.63, 3.8) is 0 Å². The number of hydrogen-bond acceptors (Lipinski definition) is 9. The molecule has 0 aromatic carbocycles. The lowest BCUT2D eigenvalue weighted by Gasteiger charge is -2.26. The fourth-order valence-electron chi connectivity index (χ4n) is 3.53. The first-order valence-corrected chi connectivity index (χ1v) is 10.2. The fourth-order valence-corrected chi connectivity index (χ4v) is 4.70. The van der Waals surface area contributed by atoms with E-state index < -0.39 is 23.5 Å². The molecule has 0 unspecified atom stereocenters. The highest BCUT2D eigenvalue weighted by Gasteiger charge is 2.38. The molecule has 1 aliphatic heterocycles. The maximum Gasteiger partial charge on any atom is 0.342 e. The summed E-state index contributed by atoms with van der Waals surface area (Å²) in [6, 6.07) is 6.01. The molecule has 9 nitrogen and oxygen atoms in total. The number of carbonyl (C=O) groups is 2. The predicted molar refractivity (Wildman–Crippen MR) is 117 cm³/mol. The summed E-state index contributed by atoms with van der Waals surface area (Å²) in [6.07, 6.45) is 8.00. The van der Waals surface area contributed by atoms with Gasteiger partial charge in [-0.05, 0) is 29.3 Å². The van der Waals surface area contributed by atoms with E-state index in [0.717, 1.165) is 11.3 Å². The largest absolute Gasteiger partial charge is 0.466 e. The lowest BCUT2D eigenvalue weighted by molar-refractivity contribution is -0.136. The summed E-state index contributed by atoms with van der Waals surface area (Å²) in [4.78, 5) is 47.1. The third-order valence-electron chi connectivity index (χ3n) is 4.94. The Morgan fingerprint density at radius 2 is 1.78 bits per heavy atom. The van der Waals surface area contributed by atoms with E-state index in [9.17, 15) is 14.4 Å². The molecule has 0 fully saturated rings. The van der Waals surface area contributed by atoms with Crippen molar-refractivity contribution < 1.29 is 19.1 Å². The Labute approximate surface area is 185 Å². The number of fused-ring (bicyclic) bond motifs is 1. The second-order valence-corrected chi connectivity index (χ2v) is 7.78. The van der Waals surface area contributed by atoms with Crippen LogP contribution in [-0.4, -0.2) is 40.7 Å². The van der Waals surface area contributed by atoms with Crippen molar-refractivity contribution in [3.8, 4) is 0 Å². The monoisotopic (exact) mass is 450 g/mol. The molecule has 0 radical (unpaired) electrons. The van der Waals surface area contributed by atoms with Gasteiger partial charge in [-0.25, -0.2) is 9.59 Å². The summed E-state index contributed by atoms with van der Waals surface area (Å²) in [7, 11) is 2.40. The van der Waals surface area contributed by atoms with Gasteiger partial charge in [0, 0.05) is 24.8 Å². The zero-order valence-corrected chi connectivity index (χ0v) is 18.0. The van der Waals surface area contributed by atoms with Gasteiger partial charge in [-0.15, -0.1) is 11.3 Å². The van der Waals surface area contributed by atoms with Crippen molar-refractivity contribution in [2.75, 3.05) is 14.2 Å². The Hall–Kier alpha value is -4.05. The highest BCUT2D eigenvalue weighted by Crippen LogP contribution is 2.31. The quantitative estimate of drug-likeness (QED) is 0.544. The molecule has 3 aromatic heterocycles. The predicted octanol–water partition coefficient (Wildman–Crippen LogP) is -0.159. The van der Waals surface area contributed by atoms with E-state index in [2.05, 4.69) is 9.97 Å². The van der Waals surface area contributed by atoms with Gasteiger partial charge in [0.05, 0.1) is 36.1 Å². The Morgan fingerprint density at radius 1 is 1.09 bits per heavy atom. The van der Waals surface area contributed by atoms with Crippen LogP contribution in [0.15, 0.2) is 65.1 Å². The number of nitrogens with two attached hydrogens (primary N) is 1. The molecule has 4 heterocycles. The van der Waals surface area contributed by atoms with E-state index in [4.69, 9.17) is 15.2 Å². The zero-order valence-electron chi connectivity index (χ0n) is 17.1. The van der Waals surface area contributed by atoms with Crippen molar-refractivity contribution in [3.05, 3.63) is 91.0 Å². The van der Waals surface area contributed by atoms with Crippen LogP contribution in [0.1, 0.15) is 17.2 Å². The Bertz CT molecular complexity index is 1410. The van der Waals surface area contributed by atoms with Crippen molar-refractivity contribution in [2.24, 2.45) is 5.73 Å². The molecule has 2 N–H and O–H groups in total. The average Bonchev–Trinajstić information content (AvgIpc) is 3.13. The minimum atomic E-state index is -0.931. The van der Waals surface area contributed by atoms with Gasteiger partial charge in [-0.1, -0.05) is 12.1 Å². The number of rotatable bonds is 4. The zero-order chi connectivity index (χ0) is 22.8. The third kappa shape index (κ3) is 3.50. The molecule has 3 aromatic rings. The maximum absolute atomic E-state index is 13.5. The van der Waals surface area contributed by atoms with E-state index in [-0.39, 0.29) is 21.5 Å². The summed E-state index contributed by atoms with van der Waals surface area (Å²) < 4.78 is 11.8. The molecule has 162 valence electrons. The van der Waals surface area contributed by atoms with Crippen LogP contribution in [0.4, 0.5) is 0 Å². The first kappa shape index (κ1) is 21.2. The molecule has 0 amide bonds. The first-order chi connectivity index (χ1) is 15.5. The van der Waals surface area contributed by atoms with Crippen LogP contribution >= 0.6 is 11.3 Å². The molecule has 4 rings (SSSR count). The number of methoxy groups -OCH3 is 2. The molecule has 0 spiro atoms. The van der Waals surface area contributed by atoms with Crippen LogP contribution in [0.25, 0.3) is 11.6 Å². The molecular formula is C22H18N4O5S. The van der Waals surface area contributed by atoms with Gasteiger partial charge in [-0.2, -0.15) is 0 Å². The molecule has 0 saturated heterocycles. The van der Waals surface area contributed by atoms with Crippen molar-refractivity contribution in [1.82, 2.24) is 14.5 Å². The Morgan fingerprint density at radius 3 is 2.38 bits per heavy atom. The molecule has 0 aliphatic carbocycles. The summed E-state index contributed by atoms with van der Waals surface area (Å²) >= 11 is 1.07. The van der Waals surface area contributed by atoms with Crippen LogP contribution in [0.3, 0.4) is 0 Å². The average molecular weight is 450 g/mol. The first-order valence-electron chi connectivity index (χ1n) is 9.41. The number of aromatic nitrogens is 3. The fraction of sp³-hybridized carbons (Fsp3) is 0.136. The normalized spacial score (nSPS) is 16.0. The molecule has 0 bridgehead atoms. The van der Waals surface area contributed by atoms with Gasteiger partial charge in [-0.3, -0.25) is 19.3 Å². The minimum Gasteiger partial charge on any atom is -0.466 e. The Kier molecular flexibility index (Phi) is 5.69. The molecule has 0 saturated carbocycles. The second-order valence-electron chi connectivity index (χ2n) is 6.75. The number of thiazole rings is 1. The van der Waals surface area contributed by atoms with Crippen molar-refractivity contribution in [2.45, 2.75) is 6.04 Å². The van der Waals surface area contributed by atoms with Crippen molar-refractivity contribution in [1.29, 1.82) is 0 Å². The lowest BCUT2D eigenvalue weighted by atomic mass is 9.93. The molecule has 32 heavy (non-hydrogen) atoms. The van der Waals surface area contributed by atoms with Gasteiger partial charge < -0.3 is 15.2 Å². The van der Waals surface area contributed by atoms with Gasteiger partial charge >= 0.3 is 11.9 Å². The molecular weight excluding hydrogens is 432 g/mol. The molecule has 10 heteroatoms. The van der Waals surface area contributed by atoms with E-state index in [1.165, 1.54) is 25.0 Å². The molecule has 1 atom stereocenters. The maximum atomic E-state index is 13.5. The Balaban J connectivity index is 2.14. The summed E-state index contributed by atoms with van der Waals surface area (Å²) in [5, 5.41) is 0.